The maximum atomic E-state index is 11.7. The molecule has 1 atom stereocenters. The van der Waals surface area contributed by atoms with E-state index in [9.17, 15) is 13.2 Å². The standard InChI is InChI=1S/C5H8BrF3/c1-3(2)4(6)5(7,8)9/h3-4H,1-2H3. The SMILES string of the molecule is CC(C)C(Br)C(F)(F)F. The van der Waals surface area contributed by atoms with Crippen molar-refractivity contribution in [1.29, 1.82) is 0 Å². The molecule has 0 aromatic carbocycles. The topological polar surface area (TPSA) is 0 Å². The van der Waals surface area contributed by atoms with Crippen molar-refractivity contribution in [2.24, 2.45) is 5.92 Å². The summed E-state index contributed by atoms with van der Waals surface area (Å²) in [5.74, 6) is -0.398. The number of alkyl halides is 4. The molecule has 0 amide bonds. The molecule has 1 unspecified atom stereocenters. The van der Waals surface area contributed by atoms with Gasteiger partial charge in [0.05, 0.1) is 0 Å². The summed E-state index contributed by atoms with van der Waals surface area (Å²) in [6, 6.07) is 0. The quantitative estimate of drug-likeness (QED) is 0.577. The van der Waals surface area contributed by atoms with Crippen LogP contribution in [0.25, 0.3) is 0 Å². The maximum Gasteiger partial charge on any atom is 0.401 e. The van der Waals surface area contributed by atoms with Crippen molar-refractivity contribution in [2.45, 2.75) is 24.9 Å². The molecular formula is C5H8BrF3. The Balaban J connectivity index is 3.88. The fourth-order valence-corrected chi connectivity index (χ4v) is 0.378. The lowest BCUT2D eigenvalue weighted by atomic mass is 10.1. The van der Waals surface area contributed by atoms with Crippen molar-refractivity contribution < 1.29 is 13.2 Å². The maximum absolute atomic E-state index is 11.7. The fourth-order valence-electron chi connectivity index (χ4n) is 0.378. The van der Waals surface area contributed by atoms with Crippen LogP contribution in [-0.4, -0.2) is 11.0 Å². The summed E-state index contributed by atoms with van der Waals surface area (Å²) in [6.07, 6.45) is -4.10. The molecule has 0 fully saturated rings. The Morgan fingerprint density at radius 3 is 1.56 bits per heavy atom. The van der Waals surface area contributed by atoms with Gasteiger partial charge in [-0.2, -0.15) is 13.2 Å². The van der Waals surface area contributed by atoms with Gasteiger partial charge in [0.1, 0.15) is 4.83 Å². The van der Waals surface area contributed by atoms with Crippen molar-refractivity contribution in [1.82, 2.24) is 0 Å². The molecule has 0 N–H and O–H groups in total. The second-order valence-corrected chi connectivity index (χ2v) is 3.17. The molecule has 9 heavy (non-hydrogen) atoms. The highest BCUT2D eigenvalue weighted by atomic mass is 79.9. The van der Waals surface area contributed by atoms with Crippen molar-refractivity contribution in [2.75, 3.05) is 0 Å². The van der Waals surface area contributed by atoms with E-state index < -0.39 is 16.9 Å². The summed E-state index contributed by atoms with van der Waals surface area (Å²) in [5, 5.41) is 0. The first-order valence-corrected chi connectivity index (χ1v) is 3.48. The Morgan fingerprint density at radius 2 is 1.56 bits per heavy atom. The van der Waals surface area contributed by atoms with Gasteiger partial charge in [-0.3, -0.25) is 0 Å². The molecule has 56 valence electrons. The Labute approximate surface area is 60.6 Å². The summed E-state index contributed by atoms with van der Waals surface area (Å²) in [4.78, 5) is -1.37. The largest absolute Gasteiger partial charge is 0.401 e. The molecule has 0 radical (unpaired) electrons. The second-order valence-electron chi connectivity index (χ2n) is 2.19. The summed E-state index contributed by atoms with van der Waals surface area (Å²) in [6.45, 7) is 3.04. The molecule has 0 aliphatic rings. The fraction of sp³-hybridized carbons (Fsp3) is 1.00. The minimum atomic E-state index is -4.10. The van der Waals surface area contributed by atoms with E-state index in [0.29, 0.717) is 0 Å². The van der Waals surface area contributed by atoms with E-state index in [2.05, 4.69) is 15.9 Å². The highest BCUT2D eigenvalue weighted by Crippen LogP contribution is 2.31. The van der Waals surface area contributed by atoms with Gasteiger partial charge in [0.2, 0.25) is 0 Å². The summed E-state index contributed by atoms with van der Waals surface area (Å²) >= 11 is 2.54. The minimum absolute atomic E-state index is 0.398. The van der Waals surface area contributed by atoms with E-state index in [1.54, 1.807) is 0 Å². The molecule has 0 saturated carbocycles. The first-order valence-electron chi connectivity index (χ1n) is 2.56. The zero-order valence-corrected chi connectivity index (χ0v) is 6.75. The smallest absolute Gasteiger partial charge is 0.170 e. The van der Waals surface area contributed by atoms with Gasteiger partial charge in [0.25, 0.3) is 0 Å². The van der Waals surface area contributed by atoms with Crippen molar-refractivity contribution in [3.63, 3.8) is 0 Å². The molecule has 0 heterocycles. The van der Waals surface area contributed by atoms with Crippen LogP contribution in [0.4, 0.5) is 13.2 Å². The molecule has 0 rings (SSSR count). The van der Waals surface area contributed by atoms with E-state index in [1.165, 1.54) is 13.8 Å². The van der Waals surface area contributed by atoms with Crippen LogP contribution >= 0.6 is 15.9 Å². The van der Waals surface area contributed by atoms with E-state index in [0.717, 1.165) is 0 Å². The number of halogens is 4. The van der Waals surface area contributed by atoms with Gasteiger partial charge in [0, 0.05) is 0 Å². The van der Waals surface area contributed by atoms with Gasteiger partial charge in [0.15, 0.2) is 0 Å². The predicted molar refractivity (Wildman–Crippen MR) is 33.6 cm³/mol. The van der Waals surface area contributed by atoms with E-state index in [-0.39, 0.29) is 0 Å². The average Bonchev–Trinajstić information content (AvgIpc) is 1.62. The molecule has 0 aromatic rings. The highest BCUT2D eigenvalue weighted by molar-refractivity contribution is 9.09. The van der Waals surface area contributed by atoms with Crippen LogP contribution in [0.5, 0.6) is 0 Å². The van der Waals surface area contributed by atoms with Crippen LogP contribution in [0.3, 0.4) is 0 Å². The van der Waals surface area contributed by atoms with E-state index >= 15 is 0 Å². The molecule has 0 nitrogen and oxygen atoms in total. The summed E-state index contributed by atoms with van der Waals surface area (Å²) in [7, 11) is 0. The normalized spacial score (nSPS) is 16.3. The van der Waals surface area contributed by atoms with Crippen LogP contribution in [0, 0.1) is 5.92 Å². The lowest BCUT2D eigenvalue weighted by Crippen LogP contribution is -2.27. The Bertz CT molecular complexity index is 86.7. The molecule has 4 heteroatoms. The third kappa shape index (κ3) is 3.08. The van der Waals surface area contributed by atoms with Crippen LogP contribution in [0.1, 0.15) is 13.8 Å². The third-order valence-corrected chi connectivity index (χ3v) is 2.47. The Hall–Kier alpha value is 0.270. The molecule has 0 aliphatic carbocycles. The monoisotopic (exact) mass is 204 g/mol. The van der Waals surface area contributed by atoms with Gasteiger partial charge in [-0.05, 0) is 5.92 Å². The first kappa shape index (κ1) is 9.27. The predicted octanol–water partition coefficient (Wildman–Crippen LogP) is 2.97. The van der Waals surface area contributed by atoms with Crippen LogP contribution in [0.15, 0.2) is 0 Å². The summed E-state index contributed by atoms with van der Waals surface area (Å²) in [5.41, 5.74) is 0. The van der Waals surface area contributed by atoms with E-state index in [1.807, 2.05) is 0 Å². The van der Waals surface area contributed by atoms with Gasteiger partial charge >= 0.3 is 6.18 Å². The van der Waals surface area contributed by atoms with Crippen LogP contribution < -0.4 is 0 Å². The molecule has 0 bridgehead atoms. The second kappa shape index (κ2) is 2.90. The highest BCUT2D eigenvalue weighted by Gasteiger charge is 2.39. The molecule has 0 aromatic heterocycles. The number of hydrogen-bond acceptors (Lipinski definition) is 0. The van der Waals surface area contributed by atoms with Crippen LogP contribution in [-0.2, 0) is 0 Å². The summed E-state index contributed by atoms with van der Waals surface area (Å²) < 4.78 is 35.0. The number of hydrogen-bond donors (Lipinski definition) is 0. The van der Waals surface area contributed by atoms with Crippen molar-refractivity contribution in [3.05, 3.63) is 0 Å². The van der Waals surface area contributed by atoms with Crippen molar-refractivity contribution >= 4 is 15.9 Å². The Kier molecular flexibility index (Phi) is 2.99. The molecule has 0 aliphatic heterocycles. The number of rotatable bonds is 1. The molecule has 0 saturated heterocycles. The molecule has 0 spiro atoms. The van der Waals surface area contributed by atoms with Crippen molar-refractivity contribution in [3.8, 4) is 0 Å². The van der Waals surface area contributed by atoms with Gasteiger partial charge in [-0.25, -0.2) is 0 Å². The Morgan fingerprint density at radius 1 is 1.22 bits per heavy atom. The van der Waals surface area contributed by atoms with Crippen LogP contribution in [0.2, 0.25) is 0 Å². The molecular weight excluding hydrogens is 197 g/mol. The van der Waals surface area contributed by atoms with Gasteiger partial charge < -0.3 is 0 Å². The minimum Gasteiger partial charge on any atom is -0.170 e. The van der Waals surface area contributed by atoms with Gasteiger partial charge in [-0.1, -0.05) is 29.8 Å². The lowest BCUT2D eigenvalue weighted by molar-refractivity contribution is -0.134. The van der Waals surface area contributed by atoms with E-state index in [4.69, 9.17) is 0 Å². The zero-order valence-electron chi connectivity index (χ0n) is 5.17. The zero-order chi connectivity index (χ0) is 7.65. The third-order valence-electron chi connectivity index (χ3n) is 0.898. The lowest BCUT2D eigenvalue weighted by Gasteiger charge is -2.16. The first-order chi connectivity index (χ1) is 3.85. The average molecular weight is 205 g/mol. The van der Waals surface area contributed by atoms with Gasteiger partial charge in [-0.15, -0.1) is 0 Å².